The van der Waals surface area contributed by atoms with Crippen molar-refractivity contribution in [2.24, 2.45) is 0 Å². The standard InChI is InChI=1S/C23H19ClN2O3/c1-15-20-12-17(24)8-9-21(20)29-22(15)23(27)26-13-16-5-4-7-19(11-16)28-14-18-6-2-3-10-25-18/h2-12H,13-14H2,1H3,(H,26,27). The van der Waals surface area contributed by atoms with Crippen molar-refractivity contribution in [1.29, 1.82) is 0 Å². The van der Waals surface area contributed by atoms with E-state index in [1.54, 1.807) is 24.4 Å². The van der Waals surface area contributed by atoms with E-state index in [-0.39, 0.29) is 5.91 Å². The summed E-state index contributed by atoms with van der Waals surface area (Å²) in [7, 11) is 0. The topological polar surface area (TPSA) is 64.4 Å². The Morgan fingerprint density at radius 3 is 2.86 bits per heavy atom. The maximum atomic E-state index is 12.6. The molecule has 4 aromatic rings. The molecule has 0 saturated carbocycles. The number of halogens is 1. The summed E-state index contributed by atoms with van der Waals surface area (Å²) in [6.45, 7) is 2.59. The molecule has 2 heterocycles. The van der Waals surface area contributed by atoms with Crippen LogP contribution in [0.15, 0.2) is 71.3 Å². The van der Waals surface area contributed by atoms with Gasteiger partial charge in [-0.05, 0) is 55.0 Å². The first kappa shape index (κ1) is 19.0. The van der Waals surface area contributed by atoms with E-state index in [2.05, 4.69) is 10.3 Å². The fraction of sp³-hybridized carbons (Fsp3) is 0.130. The molecule has 0 unspecified atom stereocenters. The molecule has 0 radical (unpaired) electrons. The third-order valence-corrected chi connectivity index (χ3v) is 4.80. The molecule has 0 aliphatic carbocycles. The van der Waals surface area contributed by atoms with Crippen molar-refractivity contribution in [3.05, 3.63) is 94.5 Å². The van der Waals surface area contributed by atoms with E-state index in [9.17, 15) is 4.79 Å². The van der Waals surface area contributed by atoms with Crippen LogP contribution in [0.5, 0.6) is 5.75 Å². The molecule has 2 aromatic carbocycles. The Morgan fingerprint density at radius 1 is 1.14 bits per heavy atom. The lowest BCUT2D eigenvalue weighted by Gasteiger charge is -2.08. The summed E-state index contributed by atoms with van der Waals surface area (Å²) in [4.78, 5) is 16.9. The van der Waals surface area contributed by atoms with E-state index < -0.39 is 0 Å². The van der Waals surface area contributed by atoms with E-state index in [1.165, 1.54) is 0 Å². The molecule has 6 heteroatoms. The molecule has 0 aliphatic rings. The van der Waals surface area contributed by atoms with Crippen LogP contribution in [0.1, 0.15) is 27.4 Å². The number of aryl methyl sites for hydroxylation is 1. The Morgan fingerprint density at radius 2 is 2.03 bits per heavy atom. The second-order valence-electron chi connectivity index (χ2n) is 6.64. The third-order valence-electron chi connectivity index (χ3n) is 4.57. The molecular weight excluding hydrogens is 388 g/mol. The minimum absolute atomic E-state index is 0.269. The molecule has 0 fully saturated rings. The molecule has 1 amide bonds. The smallest absolute Gasteiger partial charge is 0.287 e. The predicted molar refractivity (Wildman–Crippen MR) is 112 cm³/mol. The van der Waals surface area contributed by atoms with Crippen molar-refractivity contribution in [1.82, 2.24) is 10.3 Å². The van der Waals surface area contributed by atoms with Gasteiger partial charge in [0.15, 0.2) is 5.76 Å². The van der Waals surface area contributed by atoms with Crippen LogP contribution in [0, 0.1) is 6.92 Å². The highest BCUT2D eigenvalue weighted by molar-refractivity contribution is 6.31. The zero-order chi connectivity index (χ0) is 20.2. The number of carbonyl (C=O) groups is 1. The zero-order valence-corrected chi connectivity index (χ0v) is 16.6. The first-order valence-electron chi connectivity index (χ1n) is 9.18. The summed E-state index contributed by atoms with van der Waals surface area (Å²) >= 11 is 6.04. The molecule has 0 saturated heterocycles. The Labute approximate surface area is 173 Å². The van der Waals surface area contributed by atoms with E-state index in [1.807, 2.05) is 49.4 Å². The minimum Gasteiger partial charge on any atom is -0.487 e. The van der Waals surface area contributed by atoms with E-state index >= 15 is 0 Å². The summed E-state index contributed by atoms with van der Waals surface area (Å²) in [5.41, 5.74) is 3.19. The van der Waals surface area contributed by atoms with Crippen molar-refractivity contribution in [3.63, 3.8) is 0 Å². The second kappa shape index (κ2) is 8.37. The highest BCUT2D eigenvalue weighted by Crippen LogP contribution is 2.28. The van der Waals surface area contributed by atoms with Crippen LogP contribution >= 0.6 is 11.6 Å². The second-order valence-corrected chi connectivity index (χ2v) is 7.07. The number of rotatable bonds is 6. The molecule has 0 spiro atoms. The maximum Gasteiger partial charge on any atom is 0.287 e. The van der Waals surface area contributed by atoms with Gasteiger partial charge in [0.25, 0.3) is 5.91 Å². The highest BCUT2D eigenvalue weighted by Gasteiger charge is 2.17. The number of hydrogen-bond acceptors (Lipinski definition) is 4. The quantitative estimate of drug-likeness (QED) is 0.472. The van der Waals surface area contributed by atoms with Crippen LogP contribution < -0.4 is 10.1 Å². The van der Waals surface area contributed by atoms with Gasteiger partial charge in [-0.25, -0.2) is 0 Å². The number of ether oxygens (including phenoxy) is 1. The number of aromatic nitrogens is 1. The Hall–Kier alpha value is -3.31. The number of carbonyl (C=O) groups excluding carboxylic acids is 1. The Balaban J connectivity index is 1.41. The van der Waals surface area contributed by atoms with Gasteiger partial charge in [0.05, 0.1) is 5.69 Å². The number of hydrogen-bond donors (Lipinski definition) is 1. The normalized spacial score (nSPS) is 10.8. The van der Waals surface area contributed by atoms with Crippen molar-refractivity contribution < 1.29 is 13.9 Å². The number of pyridine rings is 1. The third kappa shape index (κ3) is 4.41. The van der Waals surface area contributed by atoms with E-state index in [0.717, 1.165) is 28.0 Å². The minimum atomic E-state index is -0.269. The number of benzene rings is 2. The molecule has 4 rings (SSSR count). The van der Waals surface area contributed by atoms with Crippen LogP contribution in [-0.2, 0) is 13.2 Å². The van der Waals surface area contributed by atoms with Crippen LogP contribution in [0.2, 0.25) is 5.02 Å². The van der Waals surface area contributed by atoms with Gasteiger partial charge in [0.2, 0.25) is 0 Å². The lowest BCUT2D eigenvalue weighted by molar-refractivity contribution is 0.0924. The SMILES string of the molecule is Cc1c(C(=O)NCc2cccc(OCc3ccccn3)c2)oc2ccc(Cl)cc12. The molecule has 0 atom stereocenters. The van der Waals surface area contributed by atoms with E-state index in [4.69, 9.17) is 20.8 Å². The fourth-order valence-electron chi connectivity index (χ4n) is 3.06. The van der Waals surface area contributed by atoms with Gasteiger partial charge in [-0.3, -0.25) is 9.78 Å². The summed E-state index contributed by atoms with van der Waals surface area (Å²) in [6, 6.07) is 18.6. The Bertz CT molecular complexity index is 1160. The lowest BCUT2D eigenvalue weighted by Crippen LogP contribution is -2.22. The molecule has 146 valence electrons. The largest absolute Gasteiger partial charge is 0.487 e. The molecule has 5 nitrogen and oxygen atoms in total. The average molecular weight is 407 g/mol. The maximum absolute atomic E-state index is 12.6. The number of nitrogens with zero attached hydrogens (tertiary/aromatic N) is 1. The van der Waals surface area contributed by atoms with Crippen LogP contribution in [-0.4, -0.2) is 10.9 Å². The average Bonchev–Trinajstić information content (AvgIpc) is 3.07. The summed E-state index contributed by atoms with van der Waals surface area (Å²) in [5.74, 6) is 0.747. The monoisotopic (exact) mass is 406 g/mol. The molecule has 2 aromatic heterocycles. The number of furan rings is 1. The van der Waals surface area contributed by atoms with Gasteiger partial charge in [-0.1, -0.05) is 29.8 Å². The lowest BCUT2D eigenvalue weighted by atomic mass is 10.1. The summed E-state index contributed by atoms with van der Waals surface area (Å²) in [6.07, 6.45) is 1.73. The van der Waals surface area contributed by atoms with Crippen LogP contribution in [0.25, 0.3) is 11.0 Å². The number of fused-ring (bicyclic) bond motifs is 1. The van der Waals surface area contributed by atoms with Crippen molar-refractivity contribution in [2.75, 3.05) is 0 Å². The van der Waals surface area contributed by atoms with Gasteiger partial charge in [-0.15, -0.1) is 0 Å². The van der Waals surface area contributed by atoms with Gasteiger partial charge in [0.1, 0.15) is 17.9 Å². The van der Waals surface area contributed by atoms with Gasteiger partial charge in [-0.2, -0.15) is 0 Å². The molecule has 0 aliphatic heterocycles. The number of amides is 1. The van der Waals surface area contributed by atoms with Gasteiger partial charge >= 0.3 is 0 Å². The van der Waals surface area contributed by atoms with Gasteiger partial charge in [0, 0.05) is 28.7 Å². The Kier molecular flexibility index (Phi) is 5.49. The number of nitrogens with one attached hydrogen (secondary N) is 1. The van der Waals surface area contributed by atoms with Crippen molar-refractivity contribution in [2.45, 2.75) is 20.1 Å². The van der Waals surface area contributed by atoms with Gasteiger partial charge < -0.3 is 14.5 Å². The van der Waals surface area contributed by atoms with Crippen molar-refractivity contribution >= 4 is 28.5 Å². The van der Waals surface area contributed by atoms with Crippen LogP contribution in [0.3, 0.4) is 0 Å². The molecule has 0 bridgehead atoms. The fourth-order valence-corrected chi connectivity index (χ4v) is 3.23. The molecular formula is C23H19ClN2O3. The molecule has 1 N–H and O–H groups in total. The van der Waals surface area contributed by atoms with E-state index in [0.29, 0.717) is 29.5 Å². The molecule has 29 heavy (non-hydrogen) atoms. The summed E-state index contributed by atoms with van der Waals surface area (Å²) in [5, 5.41) is 4.35. The zero-order valence-electron chi connectivity index (χ0n) is 15.8. The van der Waals surface area contributed by atoms with Crippen molar-refractivity contribution in [3.8, 4) is 5.75 Å². The highest BCUT2D eigenvalue weighted by atomic mass is 35.5. The first-order chi connectivity index (χ1) is 14.1. The summed E-state index contributed by atoms with van der Waals surface area (Å²) < 4.78 is 11.5. The van der Waals surface area contributed by atoms with Crippen LogP contribution in [0.4, 0.5) is 0 Å². The first-order valence-corrected chi connectivity index (χ1v) is 9.56. The predicted octanol–water partition coefficient (Wildman–Crippen LogP) is 5.30.